The van der Waals surface area contributed by atoms with E-state index < -0.39 is 0 Å². The van der Waals surface area contributed by atoms with Gasteiger partial charge in [0.05, 0.1) is 30.2 Å². The van der Waals surface area contributed by atoms with E-state index in [4.69, 9.17) is 8.83 Å². The highest BCUT2D eigenvalue weighted by atomic mass is 16.4. The van der Waals surface area contributed by atoms with Crippen molar-refractivity contribution in [1.82, 2.24) is 24.6 Å². The van der Waals surface area contributed by atoms with E-state index in [0.717, 1.165) is 31.4 Å². The van der Waals surface area contributed by atoms with Crippen molar-refractivity contribution in [3.8, 4) is 11.7 Å². The summed E-state index contributed by atoms with van der Waals surface area (Å²) in [6, 6.07) is 12.3. The minimum atomic E-state index is 0.406. The Hall–Kier alpha value is -2.93. The van der Waals surface area contributed by atoms with Crippen LogP contribution < -0.4 is 0 Å². The molecule has 0 spiro atoms. The molecule has 1 aliphatic heterocycles. The molecule has 7 nitrogen and oxygen atoms in total. The number of para-hydroxylation sites is 2. The Kier molecular flexibility index (Phi) is 3.79. The molecule has 1 atom stereocenters. The molecule has 4 heterocycles. The van der Waals surface area contributed by atoms with Crippen LogP contribution in [0, 0.1) is 0 Å². The Morgan fingerprint density at radius 2 is 2.08 bits per heavy atom. The summed E-state index contributed by atoms with van der Waals surface area (Å²) in [6.45, 7) is 2.62. The zero-order valence-corrected chi connectivity index (χ0v) is 14.3. The first-order chi connectivity index (χ1) is 12.9. The highest BCUT2D eigenvalue weighted by Gasteiger charge is 2.24. The molecule has 1 aromatic carbocycles. The van der Waals surface area contributed by atoms with E-state index >= 15 is 0 Å². The minimum Gasteiger partial charge on any atom is -0.459 e. The quantitative estimate of drug-likeness (QED) is 0.561. The number of nitrogens with zero attached hydrogens (tertiary/aromatic N) is 5. The van der Waals surface area contributed by atoms with Gasteiger partial charge >= 0.3 is 0 Å². The van der Waals surface area contributed by atoms with Gasteiger partial charge in [0.25, 0.3) is 5.89 Å². The maximum Gasteiger partial charge on any atom is 0.283 e. The third-order valence-corrected chi connectivity index (χ3v) is 4.91. The van der Waals surface area contributed by atoms with Gasteiger partial charge in [0.1, 0.15) is 0 Å². The van der Waals surface area contributed by atoms with Crippen LogP contribution in [0.25, 0.3) is 22.7 Å². The highest BCUT2D eigenvalue weighted by Crippen LogP contribution is 2.27. The van der Waals surface area contributed by atoms with Crippen molar-refractivity contribution in [2.75, 3.05) is 13.1 Å². The van der Waals surface area contributed by atoms with E-state index in [1.807, 2.05) is 24.5 Å². The lowest BCUT2D eigenvalue weighted by Gasteiger charge is -2.32. The topological polar surface area (TPSA) is 73.1 Å². The molecule has 1 saturated heterocycles. The second kappa shape index (κ2) is 6.42. The molecule has 0 saturated carbocycles. The van der Waals surface area contributed by atoms with Gasteiger partial charge in [0, 0.05) is 12.6 Å². The minimum absolute atomic E-state index is 0.406. The third-order valence-electron chi connectivity index (χ3n) is 4.91. The summed E-state index contributed by atoms with van der Waals surface area (Å²) in [5.74, 6) is 1.65. The fraction of sp³-hybridized carbons (Fsp3) is 0.316. The van der Waals surface area contributed by atoms with E-state index in [-0.39, 0.29) is 0 Å². The van der Waals surface area contributed by atoms with Crippen LogP contribution in [-0.4, -0.2) is 37.7 Å². The van der Waals surface area contributed by atoms with Crippen LogP contribution in [0.4, 0.5) is 0 Å². The lowest BCUT2D eigenvalue weighted by Crippen LogP contribution is -2.36. The van der Waals surface area contributed by atoms with Gasteiger partial charge in [0.2, 0.25) is 5.89 Å². The molecule has 4 aromatic rings. The maximum atomic E-state index is 5.75. The number of piperidine rings is 1. The number of benzene rings is 1. The number of aromatic nitrogens is 4. The van der Waals surface area contributed by atoms with E-state index in [9.17, 15) is 0 Å². The lowest BCUT2D eigenvalue weighted by atomic mass is 10.1. The summed E-state index contributed by atoms with van der Waals surface area (Å²) in [7, 11) is 0. The predicted molar refractivity (Wildman–Crippen MR) is 95.3 cm³/mol. The summed E-state index contributed by atoms with van der Waals surface area (Å²) in [4.78, 5) is 6.89. The van der Waals surface area contributed by atoms with Gasteiger partial charge in [-0.2, -0.15) is 0 Å². The molecule has 0 radical (unpaired) electrons. The molecule has 7 heteroatoms. The van der Waals surface area contributed by atoms with Gasteiger partial charge in [-0.3, -0.25) is 4.90 Å². The SMILES string of the molecule is c1coc(-c2nnc(CN3CCCC(n4cnc5ccccc54)C3)o2)c1. The fourth-order valence-electron chi connectivity index (χ4n) is 3.68. The van der Waals surface area contributed by atoms with Gasteiger partial charge < -0.3 is 13.4 Å². The van der Waals surface area contributed by atoms with Crippen LogP contribution in [0.2, 0.25) is 0 Å². The Bertz CT molecular complexity index is 1000. The van der Waals surface area contributed by atoms with Crippen LogP contribution in [-0.2, 0) is 6.54 Å². The smallest absolute Gasteiger partial charge is 0.283 e. The van der Waals surface area contributed by atoms with Crippen LogP contribution in [0.1, 0.15) is 24.8 Å². The fourth-order valence-corrected chi connectivity index (χ4v) is 3.68. The Morgan fingerprint density at radius 3 is 3.00 bits per heavy atom. The van der Waals surface area contributed by atoms with E-state index in [2.05, 4.69) is 42.8 Å². The van der Waals surface area contributed by atoms with Crippen molar-refractivity contribution in [3.05, 3.63) is 54.9 Å². The summed E-state index contributed by atoms with van der Waals surface area (Å²) < 4.78 is 13.4. The van der Waals surface area contributed by atoms with Gasteiger partial charge in [-0.15, -0.1) is 10.2 Å². The monoisotopic (exact) mass is 349 g/mol. The zero-order chi connectivity index (χ0) is 17.3. The molecule has 1 fully saturated rings. The molecule has 0 amide bonds. The Labute approximate surface area is 150 Å². The molecule has 0 bridgehead atoms. The summed E-state index contributed by atoms with van der Waals surface area (Å²) >= 11 is 0. The highest BCUT2D eigenvalue weighted by molar-refractivity contribution is 5.75. The molecule has 5 rings (SSSR count). The van der Waals surface area contributed by atoms with Crippen molar-refractivity contribution in [2.45, 2.75) is 25.4 Å². The van der Waals surface area contributed by atoms with Gasteiger partial charge in [-0.05, 0) is 43.7 Å². The molecule has 132 valence electrons. The van der Waals surface area contributed by atoms with Crippen LogP contribution >= 0.6 is 0 Å². The lowest BCUT2D eigenvalue weighted by molar-refractivity contribution is 0.159. The Balaban J connectivity index is 1.32. The molecular formula is C19H19N5O2. The molecule has 1 unspecified atom stereocenters. The van der Waals surface area contributed by atoms with Crippen molar-refractivity contribution in [3.63, 3.8) is 0 Å². The molecule has 26 heavy (non-hydrogen) atoms. The number of hydrogen-bond donors (Lipinski definition) is 0. The summed E-state index contributed by atoms with van der Waals surface area (Å²) in [6.07, 6.45) is 5.85. The van der Waals surface area contributed by atoms with Crippen molar-refractivity contribution in [2.24, 2.45) is 0 Å². The third kappa shape index (κ3) is 2.80. The standard InChI is InChI=1S/C19H19N5O2/c1-2-7-16-15(6-1)20-13-24(16)14-5-3-9-23(11-14)12-18-21-22-19(26-18)17-8-4-10-25-17/h1-2,4,6-8,10,13-14H,3,5,9,11-12H2. The van der Waals surface area contributed by atoms with Crippen LogP contribution in [0.15, 0.2) is 57.8 Å². The molecule has 0 N–H and O–H groups in total. The predicted octanol–water partition coefficient (Wildman–Crippen LogP) is 3.52. The molecule has 1 aliphatic rings. The number of hydrogen-bond acceptors (Lipinski definition) is 6. The number of furan rings is 1. The van der Waals surface area contributed by atoms with E-state index in [1.165, 1.54) is 5.52 Å². The normalized spacial score (nSPS) is 18.5. The average Bonchev–Trinajstić information content (AvgIpc) is 3.42. The molecule has 3 aromatic heterocycles. The van der Waals surface area contributed by atoms with Gasteiger partial charge in [-0.1, -0.05) is 12.1 Å². The number of fused-ring (bicyclic) bond motifs is 1. The van der Waals surface area contributed by atoms with Crippen LogP contribution in [0.5, 0.6) is 0 Å². The summed E-state index contributed by atoms with van der Waals surface area (Å²) in [5, 5.41) is 8.25. The van der Waals surface area contributed by atoms with Gasteiger partial charge in [-0.25, -0.2) is 4.98 Å². The van der Waals surface area contributed by atoms with Crippen molar-refractivity contribution in [1.29, 1.82) is 0 Å². The summed E-state index contributed by atoms with van der Waals surface area (Å²) in [5.41, 5.74) is 2.24. The van der Waals surface area contributed by atoms with E-state index in [1.54, 1.807) is 6.26 Å². The van der Waals surface area contributed by atoms with Crippen LogP contribution in [0.3, 0.4) is 0 Å². The number of imidazole rings is 1. The largest absolute Gasteiger partial charge is 0.459 e. The first-order valence-corrected chi connectivity index (χ1v) is 8.87. The van der Waals surface area contributed by atoms with E-state index in [0.29, 0.717) is 30.1 Å². The maximum absolute atomic E-state index is 5.75. The average molecular weight is 349 g/mol. The second-order valence-corrected chi connectivity index (χ2v) is 6.65. The second-order valence-electron chi connectivity index (χ2n) is 6.65. The first kappa shape index (κ1) is 15.3. The molecular weight excluding hydrogens is 330 g/mol. The molecule has 0 aliphatic carbocycles. The van der Waals surface area contributed by atoms with Gasteiger partial charge in [0.15, 0.2) is 5.76 Å². The number of likely N-dealkylation sites (tertiary alicyclic amines) is 1. The first-order valence-electron chi connectivity index (χ1n) is 8.87. The zero-order valence-electron chi connectivity index (χ0n) is 14.3. The van der Waals surface area contributed by atoms with Crippen molar-refractivity contribution < 1.29 is 8.83 Å². The number of rotatable bonds is 4. The van der Waals surface area contributed by atoms with Crippen molar-refractivity contribution >= 4 is 11.0 Å². The Morgan fingerprint density at radius 1 is 1.12 bits per heavy atom.